The molecular formula is C10H18N2O3. The van der Waals surface area contributed by atoms with Crippen LogP contribution in [0.2, 0.25) is 0 Å². The number of nitrogens with one attached hydrogen (secondary N) is 1. The summed E-state index contributed by atoms with van der Waals surface area (Å²) in [5.74, 6) is -0.0837. The van der Waals surface area contributed by atoms with Crippen molar-refractivity contribution in [1.29, 1.82) is 0 Å². The van der Waals surface area contributed by atoms with Crippen LogP contribution in [0, 0.1) is 0 Å². The van der Waals surface area contributed by atoms with Gasteiger partial charge >= 0.3 is 0 Å². The standard InChI is InChI=1S/C10H18N2O3/c1-14-8-4-7(5-8)12-9(13)10(11)2-3-15-6-10/h7-8H,2-6,11H2,1H3,(H,12,13). The minimum atomic E-state index is -0.807. The molecular weight excluding hydrogens is 196 g/mol. The molecule has 1 heterocycles. The molecule has 0 bridgehead atoms. The molecule has 0 aromatic heterocycles. The first kappa shape index (κ1) is 10.9. The van der Waals surface area contributed by atoms with Crippen molar-refractivity contribution in [3.8, 4) is 0 Å². The second-order valence-corrected chi connectivity index (χ2v) is 4.46. The van der Waals surface area contributed by atoms with Gasteiger partial charge in [-0.05, 0) is 19.3 Å². The van der Waals surface area contributed by atoms with E-state index < -0.39 is 5.54 Å². The Kier molecular flexibility index (Phi) is 2.95. The van der Waals surface area contributed by atoms with Gasteiger partial charge in [-0.25, -0.2) is 0 Å². The van der Waals surface area contributed by atoms with E-state index in [4.69, 9.17) is 15.2 Å². The van der Waals surface area contributed by atoms with Gasteiger partial charge in [-0.3, -0.25) is 4.79 Å². The second-order valence-electron chi connectivity index (χ2n) is 4.46. The molecule has 0 aromatic carbocycles. The maximum absolute atomic E-state index is 11.8. The molecule has 0 aromatic rings. The lowest BCUT2D eigenvalue weighted by Crippen LogP contribution is -2.59. The number of hydrogen-bond donors (Lipinski definition) is 2. The molecule has 1 aliphatic carbocycles. The molecule has 2 aliphatic rings. The maximum atomic E-state index is 11.8. The first-order valence-corrected chi connectivity index (χ1v) is 5.34. The second kappa shape index (κ2) is 4.08. The van der Waals surface area contributed by atoms with Gasteiger partial charge < -0.3 is 20.5 Å². The van der Waals surface area contributed by atoms with Gasteiger partial charge in [0.05, 0.1) is 12.7 Å². The molecule has 1 atom stereocenters. The predicted molar refractivity (Wildman–Crippen MR) is 54.3 cm³/mol. The SMILES string of the molecule is COC1CC(NC(=O)C2(N)CCOC2)C1. The van der Waals surface area contributed by atoms with Crippen LogP contribution in [0.15, 0.2) is 0 Å². The first-order valence-electron chi connectivity index (χ1n) is 5.34. The largest absolute Gasteiger partial charge is 0.381 e. The molecule has 5 heteroatoms. The van der Waals surface area contributed by atoms with Crippen LogP contribution in [-0.4, -0.2) is 43.9 Å². The molecule has 1 saturated heterocycles. The summed E-state index contributed by atoms with van der Waals surface area (Å²) in [6.45, 7) is 0.911. The third kappa shape index (κ3) is 2.14. The van der Waals surface area contributed by atoms with Gasteiger partial charge in [0.2, 0.25) is 5.91 Å². The van der Waals surface area contributed by atoms with E-state index in [9.17, 15) is 4.79 Å². The van der Waals surface area contributed by atoms with Crippen molar-refractivity contribution < 1.29 is 14.3 Å². The average molecular weight is 214 g/mol. The third-order valence-corrected chi connectivity index (χ3v) is 3.27. The lowest BCUT2D eigenvalue weighted by Gasteiger charge is -2.36. The number of rotatable bonds is 3. The highest BCUT2D eigenvalue weighted by Gasteiger charge is 2.41. The van der Waals surface area contributed by atoms with E-state index in [1.54, 1.807) is 7.11 Å². The van der Waals surface area contributed by atoms with Gasteiger partial charge in [-0.1, -0.05) is 0 Å². The Labute approximate surface area is 89.3 Å². The molecule has 2 fully saturated rings. The number of carbonyl (C=O) groups is 1. The Hall–Kier alpha value is -0.650. The van der Waals surface area contributed by atoms with Gasteiger partial charge in [-0.15, -0.1) is 0 Å². The van der Waals surface area contributed by atoms with E-state index >= 15 is 0 Å². The van der Waals surface area contributed by atoms with E-state index in [0.29, 0.717) is 25.7 Å². The van der Waals surface area contributed by atoms with Crippen molar-refractivity contribution in [2.24, 2.45) is 5.73 Å². The topological polar surface area (TPSA) is 73.6 Å². The summed E-state index contributed by atoms with van der Waals surface area (Å²) in [6, 6.07) is 0.225. The van der Waals surface area contributed by atoms with Crippen LogP contribution in [0.1, 0.15) is 19.3 Å². The molecule has 0 spiro atoms. The van der Waals surface area contributed by atoms with Crippen LogP contribution >= 0.6 is 0 Å². The minimum absolute atomic E-state index is 0.0837. The molecule has 1 amide bonds. The molecule has 3 N–H and O–H groups in total. The molecule has 1 unspecified atom stereocenters. The summed E-state index contributed by atoms with van der Waals surface area (Å²) in [6.07, 6.45) is 2.68. The van der Waals surface area contributed by atoms with Gasteiger partial charge in [0.15, 0.2) is 0 Å². The number of nitrogens with two attached hydrogens (primary N) is 1. The first-order chi connectivity index (χ1) is 7.14. The van der Waals surface area contributed by atoms with Gasteiger partial charge in [0.25, 0.3) is 0 Å². The smallest absolute Gasteiger partial charge is 0.242 e. The maximum Gasteiger partial charge on any atom is 0.242 e. The van der Waals surface area contributed by atoms with Crippen LogP contribution in [0.4, 0.5) is 0 Å². The van der Waals surface area contributed by atoms with Crippen molar-refractivity contribution >= 4 is 5.91 Å². The summed E-state index contributed by atoms with van der Waals surface area (Å²) >= 11 is 0. The quantitative estimate of drug-likeness (QED) is 0.658. The van der Waals surface area contributed by atoms with Crippen molar-refractivity contribution in [3.63, 3.8) is 0 Å². The summed E-state index contributed by atoms with van der Waals surface area (Å²) < 4.78 is 10.3. The van der Waals surface area contributed by atoms with E-state index in [-0.39, 0.29) is 11.9 Å². The van der Waals surface area contributed by atoms with Crippen LogP contribution in [-0.2, 0) is 14.3 Å². The summed E-state index contributed by atoms with van der Waals surface area (Å²) in [7, 11) is 1.69. The molecule has 86 valence electrons. The Bertz CT molecular complexity index is 245. The molecule has 2 rings (SSSR count). The highest BCUT2D eigenvalue weighted by atomic mass is 16.5. The number of carbonyl (C=O) groups excluding carboxylic acids is 1. The average Bonchev–Trinajstić information content (AvgIpc) is 2.59. The van der Waals surface area contributed by atoms with E-state index in [1.807, 2.05) is 0 Å². The summed E-state index contributed by atoms with van der Waals surface area (Å²) in [5, 5.41) is 2.94. The number of methoxy groups -OCH3 is 1. The third-order valence-electron chi connectivity index (χ3n) is 3.27. The molecule has 15 heavy (non-hydrogen) atoms. The molecule has 1 saturated carbocycles. The zero-order chi connectivity index (χ0) is 10.9. The van der Waals surface area contributed by atoms with Crippen LogP contribution in [0.3, 0.4) is 0 Å². The fraction of sp³-hybridized carbons (Fsp3) is 0.900. The van der Waals surface area contributed by atoms with E-state index in [2.05, 4.69) is 5.32 Å². The highest BCUT2D eigenvalue weighted by molar-refractivity contribution is 5.86. The predicted octanol–water partition coefficient (Wildman–Crippen LogP) is -0.602. The number of hydrogen-bond acceptors (Lipinski definition) is 4. The minimum Gasteiger partial charge on any atom is -0.381 e. The number of ether oxygens (including phenoxy) is 2. The molecule has 1 aliphatic heterocycles. The van der Waals surface area contributed by atoms with Gasteiger partial charge in [0.1, 0.15) is 5.54 Å². The fourth-order valence-corrected chi connectivity index (χ4v) is 1.96. The van der Waals surface area contributed by atoms with E-state index in [1.165, 1.54) is 0 Å². The van der Waals surface area contributed by atoms with E-state index in [0.717, 1.165) is 12.8 Å². The Morgan fingerprint density at radius 2 is 2.33 bits per heavy atom. The summed E-state index contributed by atoms with van der Waals surface area (Å²) in [5.41, 5.74) is 5.12. The van der Waals surface area contributed by atoms with Crippen molar-refractivity contribution in [2.45, 2.75) is 36.9 Å². The lowest BCUT2D eigenvalue weighted by atomic mass is 9.88. The van der Waals surface area contributed by atoms with Gasteiger partial charge in [0, 0.05) is 19.8 Å². The molecule has 5 nitrogen and oxygen atoms in total. The fourth-order valence-electron chi connectivity index (χ4n) is 1.96. The summed E-state index contributed by atoms with van der Waals surface area (Å²) in [4.78, 5) is 11.8. The van der Waals surface area contributed by atoms with Crippen LogP contribution < -0.4 is 11.1 Å². The lowest BCUT2D eigenvalue weighted by molar-refractivity contribution is -0.128. The molecule has 0 radical (unpaired) electrons. The van der Waals surface area contributed by atoms with Crippen molar-refractivity contribution in [3.05, 3.63) is 0 Å². The number of amides is 1. The van der Waals surface area contributed by atoms with Crippen molar-refractivity contribution in [1.82, 2.24) is 5.32 Å². The van der Waals surface area contributed by atoms with Crippen molar-refractivity contribution in [2.75, 3.05) is 20.3 Å². The van der Waals surface area contributed by atoms with Gasteiger partial charge in [-0.2, -0.15) is 0 Å². The monoisotopic (exact) mass is 214 g/mol. The van der Waals surface area contributed by atoms with Crippen LogP contribution in [0.5, 0.6) is 0 Å². The highest BCUT2D eigenvalue weighted by Crippen LogP contribution is 2.24. The zero-order valence-corrected chi connectivity index (χ0v) is 8.99. The van der Waals surface area contributed by atoms with Crippen LogP contribution in [0.25, 0.3) is 0 Å². The normalized spacial score (nSPS) is 39.9. The Morgan fingerprint density at radius 3 is 2.87 bits per heavy atom. The Balaban J connectivity index is 1.78. The zero-order valence-electron chi connectivity index (χ0n) is 8.99. The Morgan fingerprint density at radius 1 is 1.60 bits per heavy atom.